The number of benzene rings is 13. The highest BCUT2D eigenvalue weighted by atomic mass is 16.5. The largest absolute Gasteiger partial charge is 0.457 e. The molecule has 6 amide bonds. The Labute approximate surface area is 633 Å². The van der Waals surface area contributed by atoms with Gasteiger partial charge in [-0.25, -0.2) is 0 Å². The number of imide groups is 2. The van der Waals surface area contributed by atoms with E-state index in [0.717, 1.165) is 54.3 Å². The van der Waals surface area contributed by atoms with Crippen LogP contribution in [0.2, 0.25) is 0 Å². The zero-order valence-electron chi connectivity index (χ0n) is 60.3. The SMILES string of the molecule is CCC(C)C(C(=O)Nc1ccncc1)N1C(=O)c2cc(Oc3ccc(-c4ccccc4)cc3)c3c4c(Oc5ccc(-c6ccccc6)cc5)cc5c6c(cc(Oc7ccc(-c8ccccc8)cc7)c(c7c(Oc8ccc(-c9ccccc9)cc8)cc(c2c37)C1=O)c64)C(=O)N(C(C(=O)Nc1ccncc1)C(C)CC)C5=O. The molecule has 0 saturated heterocycles. The van der Waals surface area contributed by atoms with Gasteiger partial charge in [-0.05, 0) is 153 Å². The topological polar surface area (TPSA) is 196 Å². The van der Waals surface area contributed by atoms with Crippen LogP contribution in [0.3, 0.4) is 0 Å². The van der Waals surface area contributed by atoms with Crippen LogP contribution in [-0.2, 0) is 9.59 Å². The normalized spacial score (nSPS) is 13.7. The summed E-state index contributed by atoms with van der Waals surface area (Å²) >= 11 is 0. The number of fused-ring (bicyclic) bond motifs is 2. The van der Waals surface area contributed by atoms with Crippen molar-refractivity contribution < 1.29 is 47.7 Å². The average Bonchev–Trinajstić information content (AvgIpc) is 0.670. The molecule has 0 spiro atoms. The third-order valence-electron chi connectivity index (χ3n) is 21.1. The Morgan fingerprint density at radius 3 is 0.764 bits per heavy atom. The van der Waals surface area contributed by atoms with E-state index >= 15 is 28.8 Å². The second kappa shape index (κ2) is 29.0. The van der Waals surface area contributed by atoms with Gasteiger partial charge in [0.2, 0.25) is 11.8 Å². The maximum Gasteiger partial charge on any atom is 0.262 e. The maximum atomic E-state index is 16.6. The van der Waals surface area contributed by atoms with E-state index in [1.54, 1.807) is 48.5 Å². The third-order valence-corrected chi connectivity index (χ3v) is 21.1. The molecule has 0 saturated carbocycles. The molecule has 536 valence electrons. The van der Waals surface area contributed by atoms with Crippen LogP contribution in [0.5, 0.6) is 46.0 Å². The molecule has 15 aromatic rings. The first-order valence-electron chi connectivity index (χ1n) is 36.7. The fourth-order valence-electron chi connectivity index (χ4n) is 15.3. The molecule has 2 aliphatic rings. The van der Waals surface area contributed by atoms with E-state index in [-0.39, 0.29) is 88.3 Å². The zero-order valence-corrected chi connectivity index (χ0v) is 60.3. The minimum absolute atomic E-state index is 0.00778. The number of carbonyl (C=O) groups excluding carboxylic acids is 6. The van der Waals surface area contributed by atoms with E-state index < -0.39 is 59.4 Å². The number of rotatable bonds is 22. The lowest BCUT2D eigenvalue weighted by atomic mass is 9.80. The second-order valence-electron chi connectivity index (χ2n) is 27.7. The number of hydrogen-bond donors (Lipinski definition) is 2. The summed E-state index contributed by atoms with van der Waals surface area (Å²) in [6.45, 7) is 7.44. The molecule has 0 aliphatic carbocycles. The standard InChI is InChI=1S/C94H70N6O10/c1-5-55(3)87(89(101)97-65-43-47-95-48-44-65)99-91(103)71-51-75(107-67-35-27-61(28-36-67)57-19-11-7-12-20-57)81-83-77(109-69-39-31-63(32-40-69)59-23-15-9-16-24-59)53-73-80-74(94(106)100(93(73)105)88(56(4)6-2)90(102)98-66-45-49-96-50-46-66)54-78(110-70-41-33-64(34-42-70)60-25-17-10-18-26-60)84(86(80)83)82-76(52-72(92(99)104)79(71)85(81)82)108-68-37-29-62(30-38-68)58-21-13-8-14-22-58/h7-56,87-88H,5-6H2,1-4H3,(H,95,97,101)(H,96,98,102). The first kappa shape index (κ1) is 69.0. The van der Waals surface area contributed by atoms with E-state index in [0.29, 0.717) is 47.2 Å². The Bertz CT molecular complexity index is 5410. The van der Waals surface area contributed by atoms with E-state index in [1.807, 2.05) is 246 Å². The van der Waals surface area contributed by atoms with Gasteiger partial charge in [-0.15, -0.1) is 0 Å². The number of anilines is 2. The lowest BCUT2D eigenvalue weighted by Gasteiger charge is -2.37. The van der Waals surface area contributed by atoms with Gasteiger partial charge in [0.1, 0.15) is 58.1 Å². The number of amides is 6. The Morgan fingerprint density at radius 2 is 0.536 bits per heavy atom. The van der Waals surface area contributed by atoms with Crippen molar-refractivity contribution in [1.82, 2.24) is 19.8 Å². The molecule has 4 heterocycles. The van der Waals surface area contributed by atoms with Crippen molar-refractivity contribution in [2.45, 2.75) is 52.6 Å². The Hall–Kier alpha value is -14.1. The summed E-state index contributed by atoms with van der Waals surface area (Å²) in [5.74, 6) is -3.89. The Balaban J connectivity index is 1.01. The number of aromatic nitrogens is 2. The molecule has 4 unspecified atom stereocenters. The molecule has 110 heavy (non-hydrogen) atoms. The second-order valence-corrected chi connectivity index (χ2v) is 27.7. The van der Waals surface area contributed by atoms with Gasteiger partial charge in [0.25, 0.3) is 23.6 Å². The minimum atomic E-state index is -1.37. The molecule has 16 heteroatoms. The molecule has 2 aliphatic heterocycles. The van der Waals surface area contributed by atoms with Crippen LogP contribution in [0.1, 0.15) is 82.0 Å². The van der Waals surface area contributed by atoms with E-state index in [9.17, 15) is 0 Å². The molecule has 2 N–H and O–H groups in total. The summed E-state index contributed by atoms with van der Waals surface area (Å²) < 4.78 is 29.6. The van der Waals surface area contributed by atoms with Gasteiger partial charge in [-0.1, -0.05) is 210 Å². The molecule has 13 aromatic carbocycles. The lowest BCUT2D eigenvalue weighted by molar-refractivity contribution is -0.122. The Morgan fingerprint density at radius 1 is 0.309 bits per heavy atom. The van der Waals surface area contributed by atoms with Crippen LogP contribution in [0, 0.1) is 11.8 Å². The van der Waals surface area contributed by atoms with Crippen molar-refractivity contribution >= 4 is 89.9 Å². The molecule has 0 fully saturated rings. The molecular weight excluding hydrogens is 1370 g/mol. The minimum Gasteiger partial charge on any atom is -0.457 e. The third kappa shape index (κ3) is 12.6. The van der Waals surface area contributed by atoms with E-state index in [2.05, 4.69) is 20.6 Å². The van der Waals surface area contributed by atoms with Crippen molar-refractivity contribution in [2.24, 2.45) is 11.8 Å². The van der Waals surface area contributed by atoms with Gasteiger partial charge in [-0.3, -0.25) is 48.5 Å². The number of nitrogens with one attached hydrogen (secondary N) is 2. The van der Waals surface area contributed by atoms with Crippen molar-refractivity contribution in [1.29, 1.82) is 0 Å². The predicted octanol–water partition coefficient (Wildman–Crippen LogP) is 21.7. The summed E-state index contributed by atoms with van der Waals surface area (Å²) in [5.41, 5.74) is 8.22. The van der Waals surface area contributed by atoms with Crippen molar-refractivity contribution in [3.63, 3.8) is 0 Å². The van der Waals surface area contributed by atoms with Gasteiger partial charge in [0.15, 0.2) is 0 Å². The highest BCUT2D eigenvalue weighted by molar-refractivity contribution is 6.45. The van der Waals surface area contributed by atoms with Crippen LogP contribution in [-0.4, -0.2) is 67.3 Å². The summed E-state index contributed by atoms with van der Waals surface area (Å²) in [6.07, 6.45) is 6.92. The first-order valence-corrected chi connectivity index (χ1v) is 36.7. The summed E-state index contributed by atoms with van der Waals surface area (Å²) in [6, 6.07) is 79.8. The number of carbonyl (C=O) groups is 6. The molecule has 0 bridgehead atoms. The summed E-state index contributed by atoms with van der Waals surface area (Å²) in [7, 11) is 0. The number of nitrogens with zero attached hydrogens (tertiary/aromatic N) is 4. The maximum absolute atomic E-state index is 16.6. The first-order chi connectivity index (χ1) is 53.8. The summed E-state index contributed by atoms with van der Waals surface area (Å²) in [5, 5.41) is 8.00. The fraction of sp³-hybridized carbons (Fsp3) is 0.106. The number of ether oxygens (including phenoxy) is 4. The van der Waals surface area contributed by atoms with Gasteiger partial charge >= 0.3 is 0 Å². The summed E-state index contributed by atoms with van der Waals surface area (Å²) in [4.78, 5) is 107. The van der Waals surface area contributed by atoms with Crippen LogP contribution in [0.25, 0.3) is 87.6 Å². The zero-order chi connectivity index (χ0) is 75.3. The molecule has 16 nitrogen and oxygen atoms in total. The number of hydrogen-bond acceptors (Lipinski definition) is 12. The quantitative estimate of drug-likeness (QED) is 0.0371. The van der Waals surface area contributed by atoms with Crippen molar-refractivity contribution in [3.05, 3.63) is 314 Å². The van der Waals surface area contributed by atoms with Gasteiger partial charge < -0.3 is 29.6 Å². The fourth-order valence-corrected chi connectivity index (χ4v) is 15.3. The van der Waals surface area contributed by atoms with Gasteiger partial charge in [-0.2, -0.15) is 0 Å². The molecule has 4 atom stereocenters. The van der Waals surface area contributed by atoms with Crippen molar-refractivity contribution in [3.8, 4) is 90.5 Å². The highest BCUT2D eigenvalue weighted by Gasteiger charge is 2.48. The molecule has 17 rings (SSSR count). The van der Waals surface area contributed by atoms with Gasteiger partial charge in [0.05, 0.1) is 22.3 Å². The molecular formula is C94H70N6O10. The average molecular weight is 1440 g/mol. The Kier molecular flexibility index (Phi) is 18.2. The van der Waals surface area contributed by atoms with Crippen LogP contribution in [0.4, 0.5) is 11.4 Å². The van der Waals surface area contributed by atoms with Crippen LogP contribution >= 0.6 is 0 Å². The number of pyridine rings is 2. The van der Waals surface area contributed by atoms with Gasteiger partial charge in [0, 0.05) is 79.3 Å². The van der Waals surface area contributed by atoms with Crippen molar-refractivity contribution in [2.75, 3.05) is 10.6 Å². The molecule has 2 aromatic heterocycles. The lowest BCUT2D eigenvalue weighted by Crippen LogP contribution is -2.55. The molecule has 0 radical (unpaired) electrons. The van der Waals surface area contributed by atoms with E-state index in [4.69, 9.17) is 18.9 Å². The van der Waals surface area contributed by atoms with Crippen LogP contribution in [0.15, 0.2) is 292 Å². The predicted molar refractivity (Wildman–Crippen MR) is 429 cm³/mol. The monoisotopic (exact) mass is 1440 g/mol. The highest BCUT2D eigenvalue weighted by Crippen LogP contribution is 2.59. The smallest absolute Gasteiger partial charge is 0.262 e. The van der Waals surface area contributed by atoms with E-state index in [1.165, 1.54) is 24.8 Å². The van der Waals surface area contributed by atoms with Crippen LogP contribution < -0.4 is 29.6 Å².